The second kappa shape index (κ2) is 10.4. The summed E-state index contributed by atoms with van der Waals surface area (Å²) in [4.78, 5) is 2.31. The maximum absolute atomic E-state index is 6.28. The summed E-state index contributed by atoms with van der Waals surface area (Å²) in [6.07, 6.45) is 0. The number of fused-ring (bicyclic) bond motifs is 11. The minimum Gasteiger partial charge on any atom is -0.456 e. The molecule has 3 heterocycles. The van der Waals surface area contributed by atoms with Crippen molar-refractivity contribution >= 4 is 93.7 Å². The molecule has 0 unspecified atom stereocenters. The van der Waals surface area contributed by atoms with Gasteiger partial charge in [0.25, 0.3) is 0 Å². The second-order valence-corrected chi connectivity index (χ2v) is 12.9. The molecule has 0 radical (unpaired) electrons. The van der Waals surface area contributed by atoms with Gasteiger partial charge in [-0.3, -0.25) is 0 Å². The van der Waals surface area contributed by atoms with Crippen molar-refractivity contribution in [3.63, 3.8) is 0 Å². The molecule has 0 fully saturated rings. The number of anilines is 3. The Kier molecular flexibility index (Phi) is 5.63. The van der Waals surface area contributed by atoms with Crippen LogP contribution in [0.3, 0.4) is 0 Å². The van der Waals surface area contributed by atoms with Crippen LogP contribution in [0.15, 0.2) is 177 Å². The molecule has 8 aromatic carbocycles. The monoisotopic (exact) mass is 641 g/mol. The van der Waals surface area contributed by atoms with Gasteiger partial charge in [-0.15, -0.1) is 0 Å². The molecule has 234 valence electrons. The Labute approximate surface area is 286 Å². The lowest BCUT2D eigenvalue weighted by Gasteiger charge is -2.26. The Bertz CT molecular complexity index is 2990. The molecule has 0 amide bonds. The van der Waals surface area contributed by atoms with Crippen LogP contribution in [0.25, 0.3) is 87.7 Å². The first-order valence-corrected chi connectivity index (χ1v) is 16.8. The molecular formula is C46H27NO3. The van der Waals surface area contributed by atoms with Crippen LogP contribution in [0.5, 0.6) is 0 Å². The van der Waals surface area contributed by atoms with Gasteiger partial charge in [-0.05, 0) is 101 Å². The van der Waals surface area contributed by atoms with E-state index in [1.807, 2.05) is 24.3 Å². The van der Waals surface area contributed by atoms with Gasteiger partial charge in [0, 0.05) is 49.4 Å². The van der Waals surface area contributed by atoms with Crippen LogP contribution in [-0.2, 0) is 0 Å². The van der Waals surface area contributed by atoms with Crippen LogP contribution >= 0.6 is 0 Å². The molecule has 0 atom stereocenters. The molecule has 0 N–H and O–H groups in total. The zero-order valence-corrected chi connectivity index (χ0v) is 26.8. The standard InChI is InChI=1S/C46H27NO3/c1-2-8-34-29(7-1)15-22-45-46(34)39-25-30(16-21-44(39)50-45)28-13-17-31(18-14-28)47(32-19-23-42-37(26-32)35-9-3-5-11-40(35)48-42)33-20-24-43-38(27-33)36-10-4-6-12-41(36)49-43/h1-27H. The highest BCUT2D eigenvalue weighted by molar-refractivity contribution is 6.19. The summed E-state index contributed by atoms with van der Waals surface area (Å²) < 4.78 is 18.7. The second-order valence-electron chi connectivity index (χ2n) is 12.9. The number of para-hydroxylation sites is 2. The van der Waals surface area contributed by atoms with Crippen LogP contribution in [-0.4, -0.2) is 0 Å². The van der Waals surface area contributed by atoms with Crippen LogP contribution in [0, 0.1) is 0 Å². The zero-order valence-electron chi connectivity index (χ0n) is 26.8. The normalized spacial score (nSPS) is 12.0. The fourth-order valence-corrected chi connectivity index (χ4v) is 7.68. The van der Waals surface area contributed by atoms with Gasteiger partial charge in [-0.25, -0.2) is 0 Å². The number of hydrogen-bond donors (Lipinski definition) is 0. The van der Waals surface area contributed by atoms with Crippen molar-refractivity contribution in [2.45, 2.75) is 0 Å². The van der Waals surface area contributed by atoms with Crippen LogP contribution < -0.4 is 4.90 Å². The van der Waals surface area contributed by atoms with Crippen LogP contribution in [0.4, 0.5) is 17.1 Å². The average Bonchev–Trinajstić information content (AvgIpc) is 3.86. The largest absolute Gasteiger partial charge is 0.456 e. The maximum atomic E-state index is 6.28. The molecule has 0 aliphatic rings. The molecule has 0 aliphatic heterocycles. The minimum atomic E-state index is 0.872. The van der Waals surface area contributed by atoms with Crippen molar-refractivity contribution in [2.24, 2.45) is 0 Å². The number of hydrogen-bond acceptors (Lipinski definition) is 4. The van der Waals surface area contributed by atoms with Crippen LogP contribution in [0.2, 0.25) is 0 Å². The molecule has 3 aromatic heterocycles. The van der Waals surface area contributed by atoms with Crippen molar-refractivity contribution in [3.05, 3.63) is 164 Å². The van der Waals surface area contributed by atoms with Gasteiger partial charge < -0.3 is 18.2 Å². The first-order chi connectivity index (χ1) is 24.7. The van der Waals surface area contributed by atoms with Crippen molar-refractivity contribution < 1.29 is 13.3 Å². The molecule has 11 aromatic rings. The molecule has 0 spiro atoms. The topological polar surface area (TPSA) is 42.7 Å². The Balaban J connectivity index is 1.07. The SMILES string of the molecule is c1ccc2c(c1)ccc1oc3ccc(-c4ccc(N(c5ccc6oc7ccccc7c6c5)c5ccc6oc7ccccc7c6c5)cc4)cc3c12. The first-order valence-electron chi connectivity index (χ1n) is 16.8. The Morgan fingerprint density at radius 2 is 0.780 bits per heavy atom. The Hall–Kier alpha value is -6.78. The van der Waals surface area contributed by atoms with E-state index >= 15 is 0 Å². The van der Waals surface area contributed by atoms with Gasteiger partial charge in [0.2, 0.25) is 0 Å². The summed E-state index contributed by atoms with van der Waals surface area (Å²) >= 11 is 0. The third-order valence-electron chi connectivity index (χ3n) is 10.1. The van der Waals surface area contributed by atoms with Gasteiger partial charge in [-0.1, -0.05) is 84.9 Å². The van der Waals surface area contributed by atoms with E-state index in [-0.39, 0.29) is 0 Å². The third kappa shape index (κ3) is 4.06. The molecule has 50 heavy (non-hydrogen) atoms. The fourth-order valence-electron chi connectivity index (χ4n) is 7.68. The molecular weight excluding hydrogens is 615 g/mol. The molecule has 0 aliphatic carbocycles. The third-order valence-corrected chi connectivity index (χ3v) is 10.1. The molecule has 4 heteroatoms. The highest BCUT2D eigenvalue weighted by Gasteiger charge is 2.18. The highest BCUT2D eigenvalue weighted by atomic mass is 16.3. The maximum Gasteiger partial charge on any atom is 0.136 e. The summed E-state index contributed by atoms with van der Waals surface area (Å²) in [5, 5.41) is 9.08. The number of benzene rings is 8. The quantitative estimate of drug-likeness (QED) is 0.192. The predicted octanol–water partition coefficient (Wildman–Crippen LogP) is 13.7. The smallest absolute Gasteiger partial charge is 0.136 e. The van der Waals surface area contributed by atoms with E-state index in [1.54, 1.807) is 0 Å². The van der Waals surface area contributed by atoms with E-state index in [9.17, 15) is 0 Å². The minimum absolute atomic E-state index is 0.872. The van der Waals surface area contributed by atoms with E-state index in [0.717, 1.165) is 94.0 Å². The van der Waals surface area contributed by atoms with Gasteiger partial charge >= 0.3 is 0 Å². The molecule has 4 nitrogen and oxygen atoms in total. The lowest BCUT2D eigenvalue weighted by Crippen LogP contribution is -2.09. The number of nitrogens with zero attached hydrogens (tertiary/aromatic N) is 1. The zero-order chi connectivity index (χ0) is 32.8. The lowest BCUT2D eigenvalue weighted by molar-refractivity contribution is 0.668. The Morgan fingerprint density at radius 1 is 0.300 bits per heavy atom. The van der Waals surface area contributed by atoms with Gasteiger partial charge in [0.05, 0.1) is 0 Å². The summed E-state index contributed by atoms with van der Waals surface area (Å²) in [5.74, 6) is 0. The Morgan fingerprint density at radius 3 is 1.46 bits per heavy atom. The number of furan rings is 3. The molecule has 0 bridgehead atoms. The van der Waals surface area contributed by atoms with E-state index in [0.29, 0.717) is 0 Å². The van der Waals surface area contributed by atoms with Gasteiger partial charge in [0.15, 0.2) is 0 Å². The lowest BCUT2D eigenvalue weighted by atomic mass is 9.99. The van der Waals surface area contributed by atoms with Gasteiger partial charge in [-0.2, -0.15) is 0 Å². The van der Waals surface area contributed by atoms with Crippen molar-refractivity contribution in [3.8, 4) is 11.1 Å². The van der Waals surface area contributed by atoms with Gasteiger partial charge in [0.1, 0.15) is 33.5 Å². The van der Waals surface area contributed by atoms with E-state index < -0.39 is 0 Å². The molecule has 0 saturated heterocycles. The average molecular weight is 642 g/mol. The first kappa shape index (κ1) is 27.2. The summed E-state index contributed by atoms with van der Waals surface area (Å²) in [6, 6.07) is 57.4. The summed E-state index contributed by atoms with van der Waals surface area (Å²) in [6.45, 7) is 0. The van der Waals surface area contributed by atoms with Crippen molar-refractivity contribution in [2.75, 3.05) is 4.90 Å². The molecule has 11 rings (SSSR count). The van der Waals surface area contributed by atoms with E-state index in [1.165, 1.54) is 10.8 Å². The highest BCUT2D eigenvalue weighted by Crippen LogP contribution is 2.42. The van der Waals surface area contributed by atoms with E-state index in [2.05, 4.69) is 144 Å². The summed E-state index contributed by atoms with van der Waals surface area (Å²) in [5.41, 5.74) is 10.7. The number of rotatable bonds is 4. The van der Waals surface area contributed by atoms with E-state index in [4.69, 9.17) is 13.3 Å². The van der Waals surface area contributed by atoms with Crippen molar-refractivity contribution in [1.29, 1.82) is 0 Å². The fraction of sp³-hybridized carbons (Fsp3) is 0. The summed E-state index contributed by atoms with van der Waals surface area (Å²) in [7, 11) is 0. The van der Waals surface area contributed by atoms with Crippen molar-refractivity contribution in [1.82, 2.24) is 0 Å². The molecule has 0 saturated carbocycles. The predicted molar refractivity (Wildman–Crippen MR) is 206 cm³/mol. The van der Waals surface area contributed by atoms with Crippen LogP contribution in [0.1, 0.15) is 0 Å².